The first kappa shape index (κ1) is 82.7. The molecule has 94 heavy (non-hydrogen) atoms. The standard InChI is InChI=1S/C33H28N2O8S2.C17H16Cl2N2O6S4.2C6H15N.4CH4/c1-2-23(17-32-34(21-44(36,37)38)28-19-26(13-15-30(28)42-32)24-9-5-3-6-10-24)18-33-35(22-45(39,40)41)29-20-27(14-16-31(29)43-33)25-11-7-4-8-12-25;18-10-1-3-14-12(5-10)20(8-30(22,23)24)16(28-14)7-17-21(9-31(25,26)27)13-6-11(19)2-4-15(13)29-17;2*1-4-7(5-2)6-3;;;;/h3-20H,2,21-22H2,1H3,(H-,36,37,38,39,40,41);1-6,16-17H,7-9H2,(H,22,23,24)(H,25,26,27);2*4-6H2,1-3H3;4*1H4. The molecule has 0 fully saturated rings. The molecule has 0 radical (unpaired) electrons. The van der Waals surface area contributed by atoms with Crippen LogP contribution in [0, 0.1) is 0 Å². The van der Waals surface area contributed by atoms with Crippen molar-refractivity contribution < 1.29 is 80.3 Å². The molecule has 518 valence electrons. The monoisotopic (exact) mass is 1450 g/mol. The summed E-state index contributed by atoms with van der Waals surface area (Å²) in [4.78, 5) is 8.10. The lowest BCUT2D eigenvalue weighted by molar-refractivity contribution is -0.894. The van der Waals surface area contributed by atoms with Crippen molar-refractivity contribution in [2.45, 2.75) is 117 Å². The molecule has 0 amide bonds. The second kappa shape index (κ2) is 36.7. The van der Waals surface area contributed by atoms with Crippen molar-refractivity contribution >= 4 is 121 Å². The first-order chi connectivity index (χ1) is 42.6. The number of thioether (sulfide) groups is 2. The van der Waals surface area contributed by atoms with Gasteiger partial charge in [0, 0.05) is 39.6 Å². The lowest BCUT2D eigenvalue weighted by Gasteiger charge is -2.30. The SMILES string of the molecule is C.C.C.C.CCC(=C/c1oc2ccc(-c3ccccc3)cc2[n+]1CS(=O)(=O)[O-])/C=C1/Oc2ccc(-c3ccccc3)cc2N1CS(=O)(=O)[O-].CC[NH+](CC)CC.CC[NH+](CC)CC.O=S(=O)([O-])CN1c2cc(Cl)ccc2SC1CC1Sc2ccc(Cl)cc2[NH+]1CS(=O)(=O)[O-]. The van der Waals surface area contributed by atoms with E-state index in [9.17, 15) is 51.9 Å². The Morgan fingerprint density at radius 3 is 1.61 bits per heavy atom. The van der Waals surface area contributed by atoms with Gasteiger partial charge < -0.3 is 42.1 Å². The fraction of sp³-hybridized carbons (Fsp3) is 0.379. The molecular weight excluding hydrogens is 1360 g/mol. The van der Waals surface area contributed by atoms with Crippen molar-refractivity contribution in [1.29, 1.82) is 0 Å². The Kier molecular flexibility index (Phi) is 32.3. The number of halogens is 2. The molecule has 1 aromatic heterocycles. The summed E-state index contributed by atoms with van der Waals surface area (Å²) in [6, 6.07) is 39.6. The van der Waals surface area contributed by atoms with Crippen LogP contribution in [-0.2, 0) is 46.3 Å². The van der Waals surface area contributed by atoms with Crippen molar-refractivity contribution in [3.8, 4) is 28.0 Å². The van der Waals surface area contributed by atoms with Crippen molar-refractivity contribution in [3.05, 3.63) is 167 Å². The number of nitrogens with one attached hydrogen (secondary N) is 3. The van der Waals surface area contributed by atoms with E-state index in [0.29, 0.717) is 67.3 Å². The van der Waals surface area contributed by atoms with E-state index in [-0.39, 0.29) is 41.5 Å². The third-order valence-corrected chi connectivity index (χ3v) is 20.7. The average molecular weight is 1450 g/mol. The van der Waals surface area contributed by atoms with Crippen LogP contribution in [0.4, 0.5) is 17.1 Å². The molecule has 0 saturated heterocycles. The minimum Gasteiger partial charge on any atom is -0.747 e. The van der Waals surface area contributed by atoms with Crippen LogP contribution >= 0.6 is 46.7 Å². The Hall–Kier alpha value is -5.53. The van der Waals surface area contributed by atoms with Gasteiger partial charge in [-0.05, 0) is 124 Å². The van der Waals surface area contributed by atoms with E-state index in [1.165, 1.54) is 77.2 Å². The van der Waals surface area contributed by atoms with Crippen molar-refractivity contribution in [2.75, 3.05) is 66.7 Å². The molecule has 3 aliphatic rings. The largest absolute Gasteiger partial charge is 0.747 e. The second-order valence-electron chi connectivity index (χ2n) is 21.1. The molecule has 10 rings (SSSR count). The van der Waals surface area contributed by atoms with E-state index in [0.717, 1.165) is 32.0 Å². The van der Waals surface area contributed by atoms with E-state index in [4.69, 9.17) is 32.4 Å². The summed E-state index contributed by atoms with van der Waals surface area (Å²) in [5.74, 6) is -2.62. The third kappa shape index (κ3) is 23.4. The molecule has 28 heteroatoms. The number of anilines is 2. The quantitative estimate of drug-likeness (QED) is 0.0445. The smallest absolute Gasteiger partial charge is 0.375 e. The number of allylic oxidation sites excluding steroid dienone is 2. The summed E-state index contributed by atoms with van der Waals surface area (Å²) in [7, 11) is -18.6. The minimum absolute atomic E-state index is 0. The molecule has 0 bridgehead atoms. The Morgan fingerprint density at radius 1 is 0.585 bits per heavy atom. The molecule has 3 unspecified atom stereocenters. The van der Waals surface area contributed by atoms with Gasteiger partial charge in [-0.2, -0.15) is 0 Å². The lowest BCUT2D eigenvalue weighted by Crippen LogP contribution is -3.11. The summed E-state index contributed by atoms with van der Waals surface area (Å²) in [5, 5.41) is -0.0624. The molecule has 4 heterocycles. The number of hydrogen-bond acceptors (Lipinski definition) is 18. The Bertz CT molecular complexity index is 4020. The molecule has 0 saturated carbocycles. The number of oxazole rings is 1. The van der Waals surface area contributed by atoms with Gasteiger partial charge in [-0.25, -0.2) is 33.7 Å². The summed E-state index contributed by atoms with van der Waals surface area (Å²) >= 11 is 14.9. The highest BCUT2D eigenvalue weighted by Gasteiger charge is 2.42. The number of benzene rings is 6. The number of rotatable bonds is 21. The minimum atomic E-state index is -4.72. The topological polar surface area (TPSA) is 275 Å². The van der Waals surface area contributed by atoms with Crippen LogP contribution in [0.25, 0.3) is 39.4 Å². The van der Waals surface area contributed by atoms with Crippen LogP contribution in [0.15, 0.2) is 165 Å². The highest BCUT2D eigenvalue weighted by Crippen LogP contribution is 2.48. The Labute approximate surface area is 576 Å². The van der Waals surface area contributed by atoms with Gasteiger partial charge in [-0.1, -0.05) is 156 Å². The van der Waals surface area contributed by atoms with Gasteiger partial charge in [0.25, 0.3) is 5.52 Å². The maximum Gasteiger partial charge on any atom is 0.375 e. The molecule has 3 aliphatic heterocycles. The number of aromatic nitrogens is 1. The van der Waals surface area contributed by atoms with Gasteiger partial charge in [0.15, 0.2) is 21.7 Å². The van der Waals surface area contributed by atoms with Crippen molar-refractivity contribution in [1.82, 2.24) is 0 Å². The molecular formula is C66H90Cl2N6O14S6. The third-order valence-electron chi connectivity index (χ3n) is 15.1. The zero-order valence-electron chi connectivity index (χ0n) is 50.8. The number of ether oxygens (including phenoxy) is 1. The molecule has 20 nitrogen and oxygen atoms in total. The van der Waals surface area contributed by atoms with E-state index in [2.05, 4.69) is 41.5 Å². The van der Waals surface area contributed by atoms with E-state index < -0.39 is 74.7 Å². The number of hydrogen-bond donors (Lipinski definition) is 3. The Balaban J connectivity index is 0.000000408. The van der Waals surface area contributed by atoms with Gasteiger partial charge in [-0.15, -0.1) is 4.57 Å². The first-order valence-electron chi connectivity index (χ1n) is 29.1. The van der Waals surface area contributed by atoms with E-state index in [1.54, 1.807) is 82.6 Å². The summed E-state index contributed by atoms with van der Waals surface area (Å²) in [6.07, 6.45) is 3.80. The highest BCUT2D eigenvalue weighted by atomic mass is 35.5. The van der Waals surface area contributed by atoms with Crippen LogP contribution < -0.4 is 33.8 Å². The zero-order chi connectivity index (χ0) is 65.7. The number of nitrogens with zero attached hydrogens (tertiary/aromatic N) is 3. The van der Waals surface area contributed by atoms with Crippen LogP contribution in [0.2, 0.25) is 10.0 Å². The maximum absolute atomic E-state index is 12.0. The van der Waals surface area contributed by atoms with Crippen LogP contribution in [0.5, 0.6) is 5.75 Å². The van der Waals surface area contributed by atoms with Gasteiger partial charge in [-0.3, -0.25) is 9.80 Å². The van der Waals surface area contributed by atoms with Gasteiger partial charge in [0.2, 0.25) is 17.3 Å². The summed E-state index contributed by atoms with van der Waals surface area (Å²) in [5.41, 5.74) is 6.26. The molecule has 3 atom stereocenters. The van der Waals surface area contributed by atoms with E-state index >= 15 is 0 Å². The molecule has 6 aromatic carbocycles. The van der Waals surface area contributed by atoms with E-state index in [1.807, 2.05) is 79.7 Å². The lowest BCUT2D eigenvalue weighted by atomic mass is 10.0. The predicted molar refractivity (Wildman–Crippen MR) is 379 cm³/mol. The van der Waals surface area contributed by atoms with Crippen LogP contribution in [0.3, 0.4) is 0 Å². The number of fused-ring (bicyclic) bond motifs is 4. The highest BCUT2D eigenvalue weighted by molar-refractivity contribution is 8.01. The molecule has 0 spiro atoms. The van der Waals surface area contributed by atoms with Gasteiger partial charge in [0.1, 0.15) is 53.2 Å². The first-order valence-corrected chi connectivity index (χ1v) is 37.9. The summed E-state index contributed by atoms with van der Waals surface area (Å²) in [6.45, 7) is 22.8. The van der Waals surface area contributed by atoms with Crippen LogP contribution in [-0.4, -0.2) is 120 Å². The van der Waals surface area contributed by atoms with Gasteiger partial charge >= 0.3 is 5.89 Å². The molecule has 7 aromatic rings. The number of quaternary nitrogens is 3. The fourth-order valence-electron chi connectivity index (χ4n) is 10.3. The predicted octanol–water partition coefficient (Wildman–Crippen LogP) is 10.3. The second-order valence-corrected chi connectivity index (χ2v) is 30.0. The zero-order valence-corrected chi connectivity index (χ0v) is 57.2. The molecule has 0 aliphatic carbocycles. The van der Waals surface area contributed by atoms with Crippen molar-refractivity contribution in [3.63, 3.8) is 0 Å². The Morgan fingerprint density at radius 2 is 1.11 bits per heavy atom. The molecule has 3 N–H and O–H groups in total. The normalized spacial score (nSPS) is 16.1. The average Bonchev–Trinajstić information content (AvgIpc) is 1.64. The fourth-order valence-corrected chi connectivity index (χ4v) is 16.3. The maximum atomic E-state index is 12.0. The van der Waals surface area contributed by atoms with Gasteiger partial charge in [0.05, 0.1) is 67.0 Å². The van der Waals surface area contributed by atoms with Crippen LogP contribution in [0.1, 0.15) is 96.9 Å². The van der Waals surface area contributed by atoms with Crippen molar-refractivity contribution in [2.24, 2.45) is 0 Å². The summed E-state index contributed by atoms with van der Waals surface area (Å²) < 4.78 is 154.